The standard InChI is InChI=1S/C17H22ClNO2/c1-12(2)19-9-15-8-17(21-13(15)3)11-20-10-14-5-4-6-16(18)7-14/h4-8,12,19H,9-11H2,1-3H3. The van der Waals surface area contributed by atoms with Gasteiger partial charge in [0, 0.05) is 23.2 Å². The Hall–Kier alpha value is -1.29. The zero-order valence-corrected chi connectivity index (χ0v) is 13.5. The highest BCUT2D eigenvalue weighted by Crippen LogP contribution is 2.17. The van der Waals surface area contributed by atoms with E-state index in [-0.39, 0.29) is 0 Å². The zero-order chi connectivity index (χ0) is 15.2. The minimum Gasteiger partial charge on any atom is -0.464 e. The second-order valence-corrected chi connectivity index (χ2v) is 5.89. The van der Waals surface area contributed by atoms with Crippen molar-refractivity contribution in [3.8, 4) is 0 Å². The van der Waals surface area contributed by atoms with Gasteiger partial charge in [0.25, 0.3) is 0 Å². The molecule has 1 aromatic carbocycles. The highest BCUT2D eigenvalue weighted by Gasteiger charge is 2.08. The summed E-state index contributed by atoms with van der Waals surface area (Å²) < 4.78 is 11.4. The fraction of sp³-hybridized carbons (Fsp3) is 0.412. The SMILES string of the molecule is Cc1oc(COCc2cccc(Cl)c2)cc1CNC(C)C. The Balaban J connectivity index is 1.84. The molecule has 0 unspecified atom stereocenters. The molecule has 0 saturated carbocycles. The van der Waals surface area contributed by atoms with Gasteiger partial charge in [0.15, 0.2) is 0 Å². The summed E-state index contributed by atoms with van der Waals surface area (Å²) in [7, 11) is 0. The van der Waals surface area contributed by atoms with Crippen LogP contribution in [0.25, 0.3) is 0 Å². The lowest BCUT2D eigenvalue weighted by Gasteiger charge is -2.06. The van der Waals surface area contributed by atoms with Crippen LogP contribution in [0.4, 0.5) is 0 Å². The molecule has 4 heteroatoms. The molecule has 0 aliphatic carbocycles. The maximum atomic E-state index is 5.94. The normalized spacial score (nSPS) is 11.3. The molecule has 0 saturated heterocycles. The average Bonchev–Trinajstić information content (AvgIpc) is 2.77. The first-order valence-corrected chi connectivity index (χ1v) is 7.56. The number of ether oxygens (including phenoxy) is 1. The maximum Gasteiger partial charge on any atom is 0.130 e. The highest BCUT2D eigenvalue weighted by atomic mass is 35.5. The van der Waals surface area contributed by atoms with E-state index in [9.17, 15) is 0 Å². The van der Waals surface area contributed by atoms with Crippen LogP contribution in [0.3, 0.4) is 0 Å². The van der Waals surface area contributed by atoms with Crippen molar-refractivity contribution in [2.45, 2.75) is 46.6 Å². The van der Waals surface area contributed by atoms with Gasteiger partial charge >= 0.3 is 0 Å². The van der Waals surface area contributed by atoms with Gasteiger partial charge in [-0.2, -0.15) is 0 Å². The van der Waals surface area contributed by atoms with Crippen LogP contribution in [0.1, 0.15) is 36.5 Å². The molecule has 2 rings (SSSR count). The van der Waals surface area contributed by atoms with Gasteiger partial charge in [0.2, 0.25) is 0 Å². The average molecular weight is 308 g/mol. The third-order valence-electron chi connectivity index (χ3n) is 3.17. The van der Waals surface area contributed by atoms with Crippen molar-refractivity contribution in [3.05, 3.63) is 58.0 Å². The molecule has 0 fully saturated rings. The first-order valence-electron chi connectivity index (χ1n) is 7.18. The molecule has 3 nitrogen and oxygen atoms in total. The fourth-order valence-electron chi connectivity index (χ4n) is 2.04. The van der Waals surface area contributed by atoms with Crippen LogP contribution < -0.4 is 5.32 Å². The van der Waals surface area contributed by atoms with Crippen LogP contribution >= 0.6 is 11.6 Å². The molecular formula is C17H22ClNO2. The summed E-state index contributed by atoms with van der Waals surface area (Å²) in [5.41, 5.74) is 2.25. The minimum atomic E-state index is 0.460. The number of hydrogen-bond donors (Lipinski definition) is 1. The molecule has 0 aliphatic rings. The topological polar surface area (TPSA) is 34.4 Å². The number of hydrogen-bond acceptors (Lipinski definition) is 3. The molecule has 0 aliphatic heterocycles. The Morgan fingerprint density at radius 1 is 1.24 bits per heavy atom. The number of rotatable bonds is 7. The monoisotopic (exact) mass is 307 g/mol. The van der Waals surface area contributed by atoms with E-state index in [1.54, 1.807) is 0 Å². The van der Waals surface area contributed by atoms with Crippen LogP contribution in [-0.4, -0.2) is 6.04 Å². The van der Waals surface area contributed by atoms with Gasteiger partial charge in [-0.3, -0.25) is 0 Å². The molecule has 0 amide bonds. The summed E-state index contributed by atoms with van der Waals surface area (Å²) >= 11 is 5.94. The van der Waals surface area contributed by atoms with E-state index in [1.165, 1.54) is 5.56 Å². The molecule has 0 spiro atoms. The summed E-state index contributed by atoms with van der Waals surface area (Å²) in [6.07, 6.45) is 0. The molecule has 1 N–H and O–H groups in total. The van der Waals surface area contributed by atoms with Gasteiger partial charge < -0.3 is 14.5 Å². The van der Waals surface area contributed by atoms with Crippen LogP contribution in [0.2, 0.25) is 5.02 Å². The molecule has 1 aromatic heterocycles. The van der Waals surface area contributed by atoms with Crippen molar-refractivity contribution in [1.82, 2.24) is 5.32 Å². The molecule has 0 bridgehead atoms. The van der Waals surface area contributed by atoms with E-state index >= 15 is 0 Å². The fourth-order valence-corrected chi connectivity index (χ4v) is 2.26. The van der Waals surface area contributed by atoms with E-state index in [0.29, 0.717) is 19.3 Å². The molecule has 114 valence electrons. The lowest BCUT2D eigenvalue weighted by atomic mass is 10.2. The summed E-state index contributed by atoms with van der Waals surface area (Å²) in [6, 6.07) is 10.2. The van der Waals surface area contributed by atoms with Crippen molar-refractivity contribution in [2.24, 2.45) is 0 Å². The second-order valence-electron chi connectivity index (χ2n) is 5.45. The van der Waals surface area contributed by atoms with Crippen molar-refractivity contribution in [2.75, 3.05) is 0 Å². The lowest BCUT2D eigenvalue weighted by Crippen LogP contribution is -2.21. The molecule has 21 heavy (non-hydrogen) atoms. The first-order chi connectivity index (χ1) is 10.0. The zero-order valence-electron chi connectivity index (χ0n) is 12.8. The third-order valence-corrected chi connectivity index (χ3v) is 3.41. The Morgan fingerprint density at radius 3 is 2.76 bits per heavy atom. The van der Waals surface area contributed by atoms with Crippen molar-refractivity contribution >= 4 is 11.6 Å². The van der Waals surface area contributed by atoms with Crippen LogP contribution in [0.5, 0.6) is 0 Å². The second kappa shape index (κ2) is 7.64. The molecular weight excluding hydrogens is 286 g/mol. The maximum absolute atomic E-state index is 5.94. The van der Waals surface area contributed by atoms with E-state index in [1.807, 2.05) is 31.2 Å². The van der Waals surface area contributed by atoms with E-state index in [0.717, 1.165) is 28.7 Å². The van der Waals surface area contributed by atoms with Crippen molar-refractivity contribution in [3.63, 3.8) is 0 Å². The third kappa shape index (κ3) is 5.20. The summed E-state index contributed by atoms with van der Waals surface area (Å²) in [4.78, 5) is 0. The summed E-state index contributed by atoms with van der Waals surface area (Å²) in [5, 5.41) is 4.12. The van der Waals surface area contributed by atoms with Gasteiger partial charge in [-0.15, -0.1) is 0 Å². The van der Waals surface area contributed by atoms with E-state index < -0.39 is 0 Å². The van der Waals surface area contributed by atoms with E-state index in [4.69, 9.17) is 20.8 Å². The predicted octanol–water partition coefficient (Wildman–Crippen LogP) is 4.46. The number of furan rings is 1. The van der Waals surface area contributed by atoms with E-state index in [2.05, 4.69) is 25.2 Å². The minimum absolute atomic E-state index is 0.460. The van der Waals surface area contributed by atoms with Crippen LogP contribution in [0, 0.1) is 6.92 Å². The highest BCUT2D eigenvalue weighted by molar-refractivity contribution is 6.30. The number of nitrogens with one attached hydrogen (secondary N) is 1. The largest absolute Gasteiger partial charge is 0.464 e. The summed E-state index contributed by atoms with van der Waals surface area (Å²) in [5.74, 6) is 1.81. The Kier molecular flexibility index (Phi) is 5.85. The van der Waals surface area contributed by atoms with Gasteiger partial charge in [-0.05, 0) is 30.7 Å². The van der Waals surface area contributed by atoms with Gasteiger partial charge in [0.05, 0.1) is 6.61 Å². The Bertz CT molecular complexity index is 578. The predicted molar refractivity (Wildman–Crippen MR) is 85.4 cm³/mol. The number of halogens is 1. The Labute approximate surface area is 131 Å². The number of benzene rings is 1. The molecule has 2 aromatic rings. The summed E-state index contributed by atoms with van der Waals surface area (Å²) in [6.45, 7) is 8.06. The molecule has 0 radical (unpaired) electrons. The van der Waals surface area contributed by atoms with Gasteiger partial charge in [0.1, 0.15) is 18.1 Å². The van der Waals surface area contributed by atoms with Gasteiger partial charge in [-0.25, -0.2) is 0 Å². The van der Waals surface area contributed by atoms with Crippen LogP contribution in [0.15, 0.2) is 34.7 Å². The van der Waals surface area contributed by atoms with Crippen molar-refractivity contribution < 1.29 is 9.15 Å². The lowest BCUT2D eigenvalue weighted by molar-refractivity contribution is 0.0924. The van der Waals surface area contributed by atoms with Crippen molar-refractivity contribution in [1.29, 1.82) is 0 Å². The molecule has 1 heterocycles. The first kappa shape index (κ1) is 16.1. The van der Waals surface area contributed by atoms with Crippen LogP contribution in [-0.2, 0) is 24.5 Å². The molecule has 0 atom stereocenters. The van der Waals surface area contributed by atoms with Gasteiger partial charge in [-0.1, -0.05) is 37.6 Å². The smallest absolute Gasteiger partial charge is 0.130 e. The Morgan fingerprint density at radius 2 is 2.05 bits per heavy atom. The number of aryl methyl sites for hydroxylation is 1. The quantitative estimate of drug-likeness (QED) is 0.820.